The molecule has 0 unspecified atom stereocenters. The summed E-state index contributed by atoms with van der Waals surface area (Å²) in [6.07, 6.45) is 1.96. The SMILES string of the molecule is CCC(N)(CC)CNC(=O)Cc1c(C)nn(-c2ccc(Cl)cc2)c1C. The Bertz CT molecular complexity index is 733. The van der Waals surface area contributed by atoms with Crippen molar-refractivity contribution in [2.75, 3.05) is 6.54 Å². The monoisotopic (exact) mass is 362 g/mol. The van der Waals surface area contributed by atoms with Crippen LogP contribution in [0.1, 0.15) is 43.6 Å². The van der Waals surface area contributed by atoms with Crippen LogP contribution in [0.2, 0.25) is 5.02 Å². The standard InChI is InChI=1S/C19H27ClN4O/c1-5-19(21,6-2)12-22-18(25)11-17-13(3)23-24(14(17)4)16-9-7-15(20)8-10-16/h7-10H,5-6,11-12,21H2,1-4H3,(H,22,25). The van der Waals surface area contributed by atoms with Crippen molar-refractivity contribution in [2.24, 2.45) is 5.73 Å². The van der Waals surface area contributed by atoms with Crippen LogP contribution < -0.4 is 11.1 Å². The number of aromatic nitrogens is 2. The van der Waals surface area contributed by atoms with Crippen LogP contribution in [0, 0.1) is 13.8 Å². The van der Waals surface area contributed by atoms with Crippen molar-refractivity contribution in [2.45, 2.75) is 52.5 Å². The van der Waals surface area contributed by atoms with E-state index in [1.807, 2.05) is 56.6 Å². The van der Waals surface area contributed by atoms with Crippen molar-refractivity contribution in [3.05, 3.63) is 46.2 Å². The summed E-state index contributed by atoms with van der Waals surface area (Å²) in [4.78, 5) is 12.4. The number of aryl methyl sites for hydroxylation is 1. The van der Waals surface area contributed by atoms with Gasteiger partial charge in [-0.15, -0.1) is 0 Å². The van der Waals surface area contributed by atoms with E-state index in [9.17, 15) is 4.79 Å². The highest BCUT2D eigenvalue weighted by molar-refractivity contribution is 6.30. The average Bonchev–Trinajstić information content (AvgIpc) is 2.88. The fourth-order valence-corrected chi connectivity index (χ4v) is 2.89. The van der Waals surface area contributed by atoms with Crippen molar-refractivity contribution in [3.63, 3.8) is 0 Å². The van der Waals surface area contributed by atoms with Gasteiger partial charge in [-0.05, 0) is 51.0 Å². The van der Waals surface area contributed by atoms with Gasteiger partial charge in [0.25, 0.3) is 0 Å². The third-order valence-electron chi connectivity index (χ3n) is 4.90. The summed E-state index contributed by atoms with van der Waals surface area (Å²) < 4.78 is 1.85. The molecule has 1 amide bonds. The Morgan fingerprint density at radius 2 is 1.84 bits per heavy atom. The van der Waals surface area contributed by atoms with E-state index in [-0.39, 0.29) is 11.4 Å². The summed E-state index contributed by atoms with van der Waals surface area (Å²) in [5, 5.41) is 8.22. The first-order valence-electron chi connectivity index (χ1n) is 8.66. The van der Waals surface area contributed by atoms with Crippen molar-refractivity contribution in [3.8, 4) is 5.69 Å². The lowest BCUT2D eigenvalue weighted by atomic mass is 9.94. The highest BCUT2D eigenvalue weighted by Crippen LogP contribution is 2.20. The number of nitrogens with zero attached hydrogens (tertiary/aromatic N) is 2. The number of carbonyl (C=O) groups is 1. The van der Waals surface area contributed by atoms with Gasteiger partial charge >= 0.3 is 0 Å². The van der Waals surface area contributed by atoms with Gasteiger partial charge in [-0.2, -0.15) is 5.10 Å². The van der Waals surface area contributed by atoms with Crippen LogP contribution in [-0.2, 0) is 11.2 Å². The fraction of sp³-hybridized carbons (Fsp3) is 0.474. The number of carbonyl (C=O) groups excluding carboxylic acids is 1. The zero-order valence-electron chi connectivity index (χ0n) is 15.4. The molecular formula is C19H27ClN4O. The summed E-state index contributed by atoms with van der Waals surface area (Å²) >= 11 is 5.95. The molecule has 1 aromatic carbocycles. The molecule has 0 aliphatic heterocycles. The number of hydrogen-bond acceptors (Lipinski definition) is 3. The Kier molecular flexibility index (Phi) is 6.25. The molecule has 3 N–H and O–H groups in total. The minimum atomic E-state index is -0.340. The first kappa shape index (κ1) is 19.5. The van der Waals surface area contributed by atoms with Crippen molar-refractivity contribution >= 4 is 17.5 Å². The van der Waals surface area contributed by atoms with Crippen LogP contribution in [0.25, 0.3) is 5.69 Å². The van der Waals surface area contributed by atoms with Gasteiger partial charge in [0.15, 0.2) is 0 Å². The number of amides is 1. The van der Waals surface area contributed by atoms with Gasteiger partial charge in [0.2, 0.25) is 5.91 Å². The quantitative estimate of drug-likeness (QED) is 0.793. The highest BCUT2D eigenvalue weighted by atomic mass is 35.5. The molecule has 2 aromatic rings. The van der Waals surface area contributed by atoms with Gasteiger partial charge in [0, 0.05) is 28.4 Å². The van der Waals surface area contributed by atoms with Gasteiger partial charge in [0.05, 0.1) is 17.8 Å². The molecule has 0 saturated heterocycles. The lowest BCUT2D eigenvalue weighted by Gasteiger charge is -2.26. The molecule has 0 radical (unpaired) electrons. The lowest BCUT2D eigenvalue weighted by Crippen LogP contribution is -2.49. The zero-order valence-corrected chi connectivity index (χ0v) is 16.2. The highest BCUT2D eigenvalue weighted by Gasteiger charge is 2.22. The van der Waals surface area contributed by atoms with Crippen LogP contribution in [-0.4, -0.2) is 27.8 Å². The molecule has 0 fully saturated rings. The van der Waals surface area contributed by atoms with Gasteiger partial charge in [-0.25, -0.2) is 4.68 Å². The van der Waals surface area contributed by atoms with E-state index in [1.165, 1.54) is 0 Å². The predicted molar refractivity (Wildman–Crippen MR) is 102 cm³/mol. The molecule has 1 heterocycles. The van der Waals surface area contributed by atoms with Crippen LogP contribution >= 0.6 is 11.6 Å². The predicted octanol–water partition coefficient (Wildman–Crippen LogP) is 3.32. The second kappa shape index (κ2) is 8.02. The van der Waals surface area contributed by atoms with Gasteiger partial charge in [-0.1, -0.05) is 25.4 Å². The number of rotatable bonds is 7. The zero-order chi connectivity index (χ0) is 18.6. The Balaban J connectivity index is 2.13. The average molecular weight is 363 g/mol. The molecule has 0 saturated carbocycles. The Labute approximate surface area is 154 Å². The molecule has 2 rings (SSSR count). The van der Waals surface area contributed by atoms with E-state index in [2.05, 4.69) is 10.4 Å². The first-order valence-corrected chi connectivity index (χ1v) is 9.04. The maximum Gasteiger partial charge on any atom is 0.224 e. The van der Waals surface area contributed by atoms with E-state index in [0.717, 1.165) is 35.5 Å². The summed E-state index contributed by atoms with van der Waals surface area (Å²) in [6, 6.07) is 7.49. The van der Waals surface area contributed by atoms with Gasteiger partial charge in [0.1, 0.15) is 0 Å². The number of hydrogen-bond donors (Lipinski definition) is 2. The summed E-state index contributed by atoms with van der Waals surface area (Å²) in [7, 11) is 0. The molecule has 6 heteroatoms. The number of nitrogens with one attached hydrogen (secondary N) is 1. The molecule has 0 aliphatic carbocycles. The van der Waals surface area contributed by atoms with Crippen LogP contribution in [0.4, 0.5) is 0 Å². The molecule has 1 aromatic heterocycles. The number of halogens is 1. The smallest absolute Gasteiger partial charge is 0.224 e. The Morgan fingerprint density at radius 1 is 1.24 bits per heavy atom. The summed E-state index contributed by atoms with van der Waals surface area (Å²) in [6.45, 7) is 8.47. The summed E-state index contributed by atoms with van der Waals surface area (Å²) in [5.74, 6) is -0.0291. The third-order valence-corrected chi connectivity index (χ3v) is 5.15. The maximum atomic E-state index is 12.4. The Hall–Kier alpha value is -1.85. The van der Waals surface area contributed by atoms with Crippen LogP contribution in [0.15, 0.2) is 24.3 Å². The second-order valence-electron chi connectivity index (χ2n) is 6.56. The molecule has 25 heavy (non-hydrogen) atoms. The van der Waals surface area contributed by atoms with E-state index < -0.39 is 0 Å². The number of nitrogens with two attached hydrogens (primary N) is 1. The van der Waals surface area contributed by atoms with Crippen molar-refractivity contribution in [1.82, 2.24) is 15.1 Å². The number of benzene rings is 1. The molecule has 0 atom stereocenters. The van der Waals surface area contributed by atoms with Crippen LogP contribution in [0.5, 0.6) is 0 Å². The normalized spacial score (nSPS) is 11.6. The van der Waals surface area contributed by atoms with E-state index in [0.29, 0.717) is 18.0 Å². The second-order valence-corrected chi connectivity index (χ2v) is 7.00. The minimum absolute atomic E-state index is 0.0291. The maximum absolute atomic E-state index is 12.4. The molecule has 5 nitrogen and oxygen atoms in total. The molecular weight excluding hydrogens is 336 g/mol. The molecule has 0 spiro atoms. The Morgan fingerprint density at radius 3 is 2.40 bits per heavy atom. The van der Waals surface area contributed by atoms with Crippen LogP contribution in [0.3, 0.4) is 0 Å². The minimum Gasteiger partial charge on any atom is -0.354 e. The van der Waals surface area contributed by atoms with Crippen molar-refractivity contribution < 1.29 is 4.79 Å². The summed E-state index contributed by atoms with van der Waals surface area (Å²) in [5.41, 5.74) is 9.59. The molecule has 0 bridgehead atoms. The first-order chi connectivity index (χ1) is 11.8. The third kappa shape index (κ3) is 4.61. The van der Waals surface area contributed by atoms with E-state index in [4.69, 9.17) is 17.3 Å². The molecule has 136 valence electrons. The van der Waals surface area contributed by atoms with E-state index >= 15 is 0 Å². The topological polar surface area (TPSA) is 72.9 Å². The fourth-order valence-electron chi connectivity index (χ4n) is 2.76. The van der Waals surface area contributed by atoms with Crippen molar-refractivity contribution in [1.29, 1.82) is 0 Å². The molecule has 0 aliphatic rings. The largest absolute Gasteiger partial charge is 0.354 e. The van der Waals surface area contributed by atoms with E-state index in [1.54, 1.807) is 0 Å². The lowest BCUT2D eigenvalue weighted by molar-refractivity contribution is -0.120. The van der Waals surface area contributed by atoms with Gasteiger partial charge < -0.3 is 11.1 Å². The van der Waals surface area contributed by atoms with Gasteiger partial charge in [-0.3, -0.25) is 4.79 Å².